The number of ether oxygens (including phenoxy) is 1. The molecule has 0 unspecified atom stereocenters. The molecule has 3 aromatic rings. The van der Waals surface area contributed by atoms with Crippen LogP contribution in [-0.2, 0) is 14.3 Å². The van der Waals surface area contributed by atoms with Gasteiger partial charge in [-0.25, -0.2) is 9.18 Å². The Balaban J connectivity index is 1.72. The summed E-state index contributed by atoms with van der Waals surface area (Å²) in [7, 11) is 1.15. The molecule has 0 aliphatic rings. The SMILES string of the molecule is COC(=O)c1c(-c2c(Cl)cccc2Cl)noc1NC(=O)CCC(=O)Nc1ccc(F)cc1. The van der Waals surface area contributed by atoms with E-state index in [0.29, 0.717) is 5.69 Å². The summed E-state index contributed by atoms with van der Waals surface area (Å²) < 4.78 is 22.8. The number of hydrogen-bond acceptors (Lipinski definition) is 6. The van der Waals surface area contributed by atoms with Crippen LogP contribution in [0.1, 0.15) is 23.2 Å². The van der Waals surface area contributed by atoms with Gasteiger partial charge in [-0.1, -0.05) is 34.4 Å². The molecule has 8 nitrogen and oxygen atoms in total. The van der Waals surface area contributed by atoms with Crippen LogP contribution in [0.15, 0.2) is 47.0 Å². The first-order chi connectivity index (χ1) is 15.3. The van der Waals surface area contributed by atoms with E-state index >= 15 is 0 Å². The van der Waals surface area contributed by atoms with Crippen LogP contribution in [0.3, 0.4) is 0 Å². The molecule has 0 radical (unpaired) electrons. The van der Waals surface area contributed by atoms with E-state index in [9.17, 15) is 18.8 Å². The molecule has 0 fully saturated rings. The van der Waals surface area contributed by atoms with Crippen molar-refractivity contribution in [1.82, 2.24) is 5.16 Å². The van der Waals surface area contributed by atoms with Crippen molar-refractivity contribution >= 4 is 52.6 Å². The van der Waals surface area contributed by atoms with Crippen molar-refractivity contribution in [3.63, 3.8) is 0 Å². The Labute approximate surface area is 191 Å². The Morgan fingerprint density at radius 2 is 1.59 bits per heavy atom. The van der Waals surface area contributed by atoms with Crippen molar-refractivity contribution in [1.29, 1.82) is 0 Å². The molecule has 1 aromatic heterocycles. The topological polar surface area (TPSA) is 111 Å². The highest BCUT2D eigenvalue weighted by molar-refractivity contribution is 6.39. The van der Waals surface area contributed by atoms with E-state index in [1.165, 1.54) is 24.3 Å². The summed E-state index contributed by atoms with van der Waals surface area (Å²) in [6.45, 7) is 0. The highest BCUT2D eigenvalue weighted by atomic mass is 35.5. The van der Waals surface area contributed by atoms with Gasteiger partial charge in [0.25, 0.3) is 0 Å². The van der Waals surface area contributed by atoms with Crippen LogP contribution >= 0.6 is 23.2 Å². The molecule has 166 valence electrons. The third kappa shape index (κ3) is 5.43. The molecule has 1 heterocycles. The van der Waals surface area contributed by atoms with Gasteiger partial charge in [0, 0.05) is 24.1 Å². The third-order valence-corrected chi connectivity index (χ3v) is 4.87. The van der Waals surface area contributed by atoms with Crippen molar-refractivity contribution in [2.75, 3.05) is 17.7 Å². The summed E-state index contributed by atoms with van der Waals surface area (Å²) in [5, 5.41) is 9.18. The lowest BCUT2D eigenvalue weighted by atomic mass is 10.1. The Kier molecular flexibility index (Phi) is 7.45. The Morgan fingerprint density at radius 3 is 2.19 bits per heavy atom. The average molecular weight is 480 g/mol. The molecule has 0 bridgehead atoms. The van der Waals surface area contributed by atoms with Crippen LogP contribution in [0.2, 0.25) is 10.0 Å². The van der Waals surface area contributed by atoms with Gasteiger partial charge in [0.1, 0.15) is 11.5 Å². The van der Waals surface area contributed by atoms with Crippen LogP contribution in [0.5, 0.6) is 0 Å². The number of carbonyl (C=O) groups excluding carboxylic acids is 3. The number of nitrogens with one attached hydrogen (secondary N) is 2. The first kappa shape index (κ1) is 23.2. The Morgan fingerprint density at radius 1 is 1.00 bits per heavy atom. The van der Waals surface area contributed by atoms with Crippen molar-refractivity contribution in [2.45, 2.75) is 12.8 Å². The van der Waals surface area contributed by atoms with Crippen LogP contribution in [0.25, 0.3) is 11.3 Å². The summed E-state index contributed by atoms with van der Waals surface area (Å²) in [5.74, 6) is -2.61. The monoisotopic (exact) mass is 479 g/mol. The summed E-state index contributed by atoms with van der Waals surface area (Å²) in [4.78, 5) is 36.7. The molecule has 2 aromatic carbocycles. The average Bonchev–Trinajstić information content (AvgIpc) is 3.16. The standard InChI is InChI=1S/C21H16Cl2FN3O5/c1-31-21(30)18-19(17-13(22)3-2-4-14(17)23)27-32-20(18)26-16(29)10-9-15(28)25-12-7-5-11(24)6-8-12/h2-8H,9-10H2,1H3,(H,25,28)(H,26,29). The molecular weight excluding hydrogens is 464 g/mol. The fourth-order valence-corrected chi connectivity index (χ4v) is 3.31. The molecule has 3 rings (SSSR count). The minimum absolute atomic E-state index is 0.00296. The number of aromatic nitrogens is 1. The zero-order valence-electron chi connectivity index (χ0n) is 16.6. The number of carbonyl (C=O) groups is 3. The zero-order chi connectivity index (χ0) is 23.3. The highest BCUT2D eigenvalue weighted by Crippen LogP contribution is 2.38. The van der Waals surface area contributed by atoms with Gasteiger partial charge in [-0.2, -0.15) is 0 Å². The van der Waals surface area contributed by atoms with Crippen LogP contribution in [0.4, 0.5) is 16.0 Å². The van der Waals surface area contributed by atoms with E-state index < -0.39 is 23.6 Å². The van der Waals surface area contributed by atoms with E-state index in [1.807, 2.05) is 0 Å². The maximum Gasteiger partial charge on any atom is 0.345 e. The summed E-state index contributed by atoms with van der Waals surface area (Å²) in [6, 6.07) is 9.91. The van der Waals surface area contributed by atoms with Gasteiger partial charge < -0.3 is 14.6 Å². The fourth-order valence-electron chi connectivity index (χ4n) is 2.73. The van der Waals surface area contributed by atoms with Crippen molar-refractivity contribution in [3.05, 3.63) is 63.9 Å². The molecule has 2 amide bonds. The maximum absolute atomic E-state index is 12.9. The van der Waals surface area contributed by atoms with E-state index in [1.54, 1.807) is 18.2 Å². The molecule has 0 aliphatic heterocycles. The van der Waals surface area contributed by atoms with Gasteiger partial charge in [-0.3, -0.25) is 14.9 Å². The molecule has 0 aliphatic carbocycles. The second kappa shape index (κ2) is 10.3. The van der Waals surface area contributed by atoms with Gasteiger partial charge >= 0.3 is 5.97 Å². The summed E-state index contributed by atoms with van der Waals surface area (Å²) >= 11 is 12.4. The lowest BCUT2D eigenvalue weighted by Crippen LogP contribution is -2.18. The highest BCUT2D eigenvalue weighted by Gasteiger charge is 2.28. The number of amides is 2. The second-order valence-corrected chi connectivity index (χ2v) is 7.24. The minimum Gasteiger partial charge on any atom is -0.465 e. The predicted octanol–water partition coefficient (Wildman–Crippen LogP) is 4.93. The smallest absolute Gasteiger partial charge is 0.345 e. The maximum atomic E-state index is 12.9. The number of benzene rings is 2. The number of halogens is 3. The normalized spacial score (nSPS) is 10.5. The molecular formula is C21H16Cl2FN3O5. The number of rotatable bonds is 7. The van der Waals surface area contributed by atoms with Gasteiger partial charge in [0.05, 0.1) is 17.2 Å². The molecule has 0 spiro atoms. The molecule has 0 saturated carbocycles. The minimum atomic E-state index is -0.832. The van der Waals surface area contributed by atoms with Crippen molar-refractivity contribution in [2.24, 2.45) is 0 Å². The number of hydrogen-bond donors (Lipinski definition) is 2. The third-order valence-electron chi connectivity index (χ3n) is 4.24. The number of methoxy groups -OCH3 is 1. The Hall–Kier alpha value is -3.43. The quantitative estimate of drug-likeness (QED) is 0.464. The lowest BCUT2D eigenvalue weighted by Gasteiger charge is -2.07. The van der Waals surface area contributed by atoms with Crippen molar-refractivity contribution < 1.29 is 28.0 Å². The first-order valence-corrected chi connectivity index (χ1v) is 9.93. The number of nitrogens with zero attached hydrogens (tertiary/aromatic N) is 1. The number of esters is 1. The summed E-state index contributed by atoms with van der Waals surface area (Å²) in [5.41, 5.74) is 0.448. The zero-order valence-corrected chi connectivity index (χ0v) is 18.1. The number of anilines is 2. The molecule has 32 heavy (non-hydrogen) atoms. The van der Waals surface area contributed by atoms with Gasteiger partial charge in [0.2, 0.25) is 17.7 Å². The fraction of sp³-hybridized carbons (Fsp3) is 0.143. The van der Waals surface area contributed by atoms with Crippen molar-refractivity contribution in [3.8, 4) is 11.3 Å². The molecule has 0 saturated heterocycles. The first-order valence-electron chi connectivity index (χ1n) is 9.17. The van der Waals surface area contributed by atoms with E-state index in [4.69, 9.17) is 32.5 Å². The molecule has 11 heteroatoms. The lowest BCUT2D eigenvalue weighted by molar-refractivity contribution is -0.121. The molecule has 2 N–H and O–H groups in total. The van der Waals surface area contributed by atoms with E-state index in [-0.39, 0.29) is 45.6 Å². The van der Waals surface area contributed by atoms with Crippen LogP contribution < -0.4 is 10.6 Å². The second-order valence-electron chi connectivity index (χ2n) is 6.43. The van der Waals surface area contributed by atoms with E-state index in [0.717, 1.165) is 7.11 Å². The Bertz CT molecular complexity index is 1140. The van der Waals surface area contributed by atoms with E-state index in [2.05, 4.69) is 15.8 Å². The van der Waals surface area contributed by atoms with Gasteiger partial charge in [-0.15, -0.1) is 0 Å². The van der Waals surface area contributed by atoms with Gasteiger partial charge in [-0.05, 0) is 36.4 Å². The largest absolute Gasteiger partial charge is 0.465 e. The molecule has 0 atom stereocenters. The predicted molar refractivity (Wildman–Crippen MR) is 116 cm³/mol. The van der Waals surface area contributed by atoms with Gasteiger partial charge in [0.15, 0.2) is 5.56 Å². The van der Waals surface area contributed by atoms with Crippen LogP contribution in [-0.4, -0.2) is 30.1 Å². The summed E-state index contributed by atoms with van der Waals surface area (Å²) in [6.07, 6.45) is -0.398. The van der Waals surface area contributed by atoms with Crippen LogP contribution in [0, 0.1) is 5.82 Å².